The largest absolute Gasteiger partial charge is 0.335 e. The number of nitrogens with zero attached hydrogens (tertiary/aromatic N) is 1. The monoisotopic (exact) mass is 188 g/mol. The van der Waals surface area contributed by atoms with Crippen LogP contribution in [0.25, 0.3) is 0 Å². The van der Waals surface area contributed by atoms with E-state index in [4.69, 9.17) is 5.73 Å². The molecule has 0 bridgehead atoms. The molecule has 76 valence electrons. The van der Waals surface area contributed by atoms with Crippen molar-refractivity contribution in [3.63, 3.8) is 0 Å². The summed E-state index contributed by atoms with van der Waals surface area (Å²) in [6.07, 6.45) is 0.404. The van der Waals surface area contributed by atoms with E-state index in [0.717, 1.165) is 6.42 Å². The molecule has 1 amide bonds. The second-order valence-corrected chi connectivity index (χ2v) is 3.67. The number of carbonyl (C=O) groups is 1. The van der Waals surface area contributed by atoms with Gasteiger partial charge < -0.3 is 10.6 Å². The van der Waals surface area contributed by atoms with E-state index in [2.05, 4.69) is 0 Å². The van der Waals surface area contributed by atoms with E-state index in [1.54, 1.807) is 11.8 Å². The molecule has 0 radical (unpaired) electrons. The lowest BCUT2D eigenvalue weighted by atomic mass is 10.1. The molecule has 2 unspecified atom stereocenters. The normalized spacial score (nSPS) is 30.6. The maximum absolute atomic E-state index is 13.0. The van der Waals surface area contributed by atoms with Crippen molar-refractivity contribution in [1.82, 2.24) is 4.90 Å². The Morgan fingerprint density at radius 1 is 1.77 bits per heavy atom. The van der Waals surface area contributed by atoms with Gasteiger partial charge in [0.2, 0.25) is 5.91 Å². The number of halogens is 1. The average Bonchev–Trinajstić information content (AvgIpc) is 2.45. The SMILES string of the molecule is CC[C@@H]1CC(F)CN1C(=O)C(C)N. The minimum Gasteiger partial charge on any atom is -0.335 e. The topological polar surface area (TPSA) is 46.3 Å². The quantitative estimate of drug-likeness (QED) is 0.692. The first-order chi connectivity index (χ1) is 6.06. The Kier molecular flexibility index (Phi) is 3.25. The minimum atomic E-state index is -0.868. The molecular weight excluding hydrogens is 171 g/mol. The van der Waals surface area contributed by atoms with E-state index in [-0.39, 0.29) is 18.5 Å². The lowest BCUT2D eigenvalue weighted by molar-refractivity contribution is -0.133. The van der Waals surface area contributed by atoms with Crippen molar-refractivity contribution in [2.45, 2.75) is 44.9 Å². The summed E-state index contributed by atoms with van der Waals surface area (Å²) >= 11 is 0. The lowest BCUT2D eigenvalue weighted by Crippen LogP contribution is -2.44. The van der Waals surface area contributed by atoms with Crippen LogP contribution in [-0.4, -0.2) is 35.6 Å². The van der Waals surface area contributed by atoms with Crippen LogP contribution in [0.4, 0.5) is 4.39 Å². The molecule has 0 aromatic carbocycles. The van der Waals surface area contributed by atoms with Crippen molar-refractivity contribution >= 4 is 5.91 Å². The smallest absolute Gasteiger partial charge is 0.239 e. The van der Waals surface area contributed by atoms with E-state index in [1.807, 2.05) is 6.92 Å². The Labute approximate surface area is 78.1 Å². The van der Waals surface area contributed by atoms with Crippen LogP contribution in [0, 0.1) is 0 Å². The summed E-state index contributed by atoms with van der Waals surface area (Å²) in [5.74, 6) is -0.132. The van der Waals surface area contributed by atoms with Crippen LogP contribution in [0.2, 0.25) is 0 Å². The van der Waals surface area contributed by atoms with Crippen molar-refractivity contribution in [3.05, 3.63) is 0 Å². The van der Waals surface area contributed by atoms with Gasteiger partial charge in [-0.15, -0.1) is 0 Å². The molecule has 13 heavy (non-hydrogen) atoms. The van der Waals surface area contributed by atoms with Crippen molar-refractivity contribution in [3.8, 4) is 0 Å². The summed E-state index contributed by atoms with van der Waals surface area (Å²) in [5, 5.41) is 0. The third-order valence-corrected chi connectivity index (χ3v) is 2.51. The van der Waals surface area contributed by atoms with Crippen molar-refractivity contribution < 1.29 is 9.18 Å². The van der Waals surface area contributed by atoms with Crippen molar-refractivity contribution in [1.29, 1.82) is 0 Å². The Balaban J connectivity index is 2.62. The number of hydrogen-bond donors (Lipinski definition) is 1. The van der Waals surface area contributed by atoms with Gasteiger partial charge >= 0.3 is 0 Å². The molecule has 0 aliphatic carbocycles. The summed E-state index contributed by atoms with van der Waals surface area (Å²) in [5.41, 5.74) is 5.46. The van der Waals surface area contributed by atoms with Gasteiger partial charge in [-0.3, -0.25) is 4.79 Å². The van der Waals surface area contributed by atoms with Crippen LogP contribution in [-0.2, 0) is 4.79 Å². The van der Waals surface area contributed by atoms with Gasteiger partial charge in [0.1, 0.15) is 6.17 Å². The van der Waals surface area contributed by atoms with E-state index >= 15 is 0 Å². The molecule has 0 spiro atoms. The molecule has 3 atom stereocenters. The van der Waals surface area contributed by atoms with Gasteiger partial charge in [0, 0.05) is 12.5 Å². The van der Waals surface area contributed by atoms with Gasteiger partial charge in [0.25, 0.3) is 0 Å². The Morgan fingerprint density at radius 2 is 2.38 bits per heavy atom. The minimum absolute atomic E-state index is 0.0495. The third kappa shape index (κ3) is 2.18. The first-order valence-electron chi connectivity index (χ1n) is 4.76. The maximum Gasteiger partial charge on any atom is 0.239 e. The summed E-state index contributed by atoms with van der Waals surface area (Å²) in [6.45, 7) is 3.82. The van der Waals surface area contributed by atoms with Gasteiger partial charge in [-0.2, -0.15) is 0 Å². The number of alkyl halides is 1. The van der Waals surface area contributed by atoms with E-state index in [0.29, 0.717) is 6.42 Å². The molecule has 0 aromatic rings. The highest BCUT2D eigenvalue weighted by molar-refractivity contribution is 5.81. The number of nitrogens with two attached hydrogens (primary N) is 1. The Hall–Kier alpha value is -0.640. The zero-order valence-electron chi connectivity index (χ0n) is 8.16. The first kappa shape index (κ1) is 10.4. The zero-order chi connectivity index (χ0) is 10.0. The summed E-state index contributed by atoms with van der Waals surface area (Å²) in [6, 6.07) is -0.465. The van der Waals surface area contributed by atoms with Crippen LogP contribution in [0.15, 0.2) is 0 Å². The van der Waals surface area contributed by atoms with Crippen molar-refractivity contribution in [2.75, 3.05) is 6.54 Å². The highest BCUT2D eigenvalue weighted by Crippen LogP contribution is 2.22. The van der Waals surface area contributed by atoms with Gasteiger partial charge in [0.05, 0.1) is 12.6 Å². The fourth-order valence-electron chi connectivity index (χ4n) is 1.78. The first-order valence-corrected chi connectivity index (χ1v) is 4.76. The lowest BCUT2D eigenvalue weighted by Gasteiger charge is -2.24. The summed E-state index contributed by atoms with van der Waals surface area (Å²) < 4.78 is 13.0. The Bertz CT molecular complexity index is 196. The maximum atomic E-state index is 13.0. The molecule has 0 saturated carbocycles. The highest BCUT2D eigenvalue weighted by Gasteiger charge is 2.34. The highest BCUT2D eigenvalue weighted by atomic mass is 19.1. The van der Waals surface area contributed by atoms with Crippen LogP contribution >= 0.6 is 0 Å². The predicted octanol–water partition coefficient (Wildman–Crippen LogP) is 0.683. The molecule has 3 nitrogen and oxygen atoms in total. The van der Waals surface area contributed by atoms with Gasteiger partial charge in [-0.05, 0) is 13.3 Å². The molecule has 4 heteroatoms. The molecule has 1 aliphatic heterocycles. The number of hydrogen-bond acceptors (Lipinski definition) is 2. The fourth-order valence-corrected chi connectivity index (χ4v) is 1.78. The van der Waals surface area contributed by atoms with Gasteiger partial charge in [0.15, 0.2) is 0 Å². The zero-order valence-corrected chi connectivity index (χ0v) is 8.16. The predicted molar refractivity (Wildman–Crippen MR) is 49.0 cm³/mol. The average molecular weight is 188 g/mol. The van der Waals surface area contributed by atoms with E-state index in [1.165, 1.54) is 0 Å². The van der Waals surface area contributed by atoms with Crippen LogP contribution in [0.3, 0.4) is 0 Å². The second-order valence-electron chi connectivity index (χ2n) is 3.67. The number of rotatable bonds is 2. The van der Waals surface area contributed by atoms with Gasteiger partial charge in [-0.25, -0.2) is 4.39 Å². The standard InChI is InChI=1S/C9H17FN2O/c1-3-8-4-7(10)5-12(8)9(13)6(2)11/h6-8H,3-5,11H2,1-2H3/t6?,7?,8-/m1/s1. The molecule has 1 rings (SSSR count). The second kappa shape index (κ2) is 4.05. The van der Waals surface area contributed by atoms with Crippen molar-refractivity contribution in [2.24, 2.45) is 5.73 Å². The fraction of sp³-hybridized carbons (Fsp3) is 0.889. The van der Waals surface area contributed by atoms with Crippen LogP contribution in [0.1, 0.15) is 26.7 Å². The summed E-state index contributed by atoms with van der Waals surface area (Å²) in [7, 11) is 0. The molecule has 1 aliphatic rings. The van der Waals surface area contributed by atoms with Gasteiger partial charge in [-0.1, -0.05) is 6.92 Å². The molecule has 1 saturated heterocycles. The molecule has 2 N–H and O–H groups in total. The molecule has 1 fully saturated rings. The molecule has 1 heterocycles. The number of likely N-dealkylation sites (tertiary alicyclic amines) is 1. The third-order valence-electron chi connectivity index (χ3n) is 2.51. The van der Waals surface area contributed by atoms with E-state index in [9.17, 15) is 9.18 Å². The van der Waals surface area contributed by atoms with Crippen LogP contribution < -0.4 is 5.73 Å². The number of carbonyl (C=O) groups excluding carboxylic acids is 1. The Morgan fingerprint density at radius 3 is 2.85 bits per heavy atom. The number of amides is 1. The molecular formula is C9H17FN2O. The molecule has 0 aromatic heterocycles. The summed E-state index contributed by atoms with van der Waals surface area (Å²) in [4.78, 5) is 13.1. The van der Waals surface area contributed by atoms with Crippen LogP contribution in [0.5, 0.6) is 0 Å². The van der Waals surface area contributed by atoms with E-state index < -0.39 is 12.2 Å².